The smallest absolute Gasteiger partial charge is 0.246 e. The van der Waals surface area contributed by atoms with Crippen molar-refractivity contribution in [2.24, 2.45) is 0 Å². The molecule has 0 bridgehead atoms. The molecule has 1 atom stereocenters. The van der Waals surface area contributed by atoms with Gasteiger partial charge in [0.2, 0.25) is 15.9 Å². The molecule has 1 aliphatic rings. The number of sulfonamides is 1. The first-order valence-corrected chi connectivity index (χ1v) is 11.1. The highest BCUT2D eigenvalue weighted by molar-refractivity contribution is 7.92. The fourth-order valence-electron chi connectivity index (χ4n) is 3.52. The van der Waals surface area contributed by atoms with Gasteiger partial charge in [-0.05, 0) is 49.4 Å². The van der Waals surface area contributed by atoms with Gasteiger partial charge in [0.15, 0.2) is 0 Å². The lowest BCUT2D eigenvalue weighted by Crippen LogP contribution is -2.55. The van der Waals surface area contributed by atoms with Gasteiger partial charge in [0.05, 0.1) is 11.9 Å². The van der Waals surface area contributed by atoms with E-state index >= 15 is 0 Å². The zero-order valence-electron chi connectivity index (χ0n) is 16.3. The van der Waals surface area contributed by atoms with E-state index < -0.39 is 21.9 Å². The van der Waals surface area contributed by atoms with Gasteiger partial charge in [0.1, 0.15) is 17.7 Å². The van der Waals surface area contributed by atoms with Gasteiger partial charge in [-0.2, -0.15) is 0 Å². The maximum absolute atomic E-state index is 13.6. The fraction of sp³-hybridized carbons (Fsp3) is 0.350. The first-order chi connectivity index (χ1) is 13.7. The van der Waals surface area contributed by atoms with Gasteiger partial charge in [0.25, 0.3) is 0 Å². The van der Waals surface area contributed by atoms with Crippen molar-refractivity contribution in [3.8, 4) is 0 Å². The van der Waals surface area contributed by atoms with Crippen LogP contribution in [-0.2, 0) is 14.8 Å². The number of hydrogen-bond acceptors (Lipinski definition) is 4. The summed E-state index contributed by atoms with van der Waals surface area (Å²) in [6.07, 6.45) is 0.994. The van der Waals surface area contributed by atoms with E-state index in [1.165, 1.54) is 37.3 Å². The second-order valence-corrected chi connectivity index (χ2v) is 8.86. The maximum Gasteiger partial charge on any atom is 0.246 e. The molecule has 29 heavy (non-hydrogen) atoms. The Balaban J connectivity index is 1.72. The largest absolute Gasteiger partial charge is 0.368 e. The van der Waals surface area contributed by atoms with E-state index in [0.717, 1.165) is 22.3 Å². The molecule has 0 saturated carbocycles. The van der Waals surface area contributed by atoms with Gasteiger partial charge in [-0.15, -0.1) is 0 Å². The third-order valence-corrected chi connectivity index (χ3v) is 6.15. The molecule has 0 N–H and O–H groups in total. The highest BCUT2D eigenvalue weighted by Crippen LogP contribution is 2.23. The van der Waals surface area contributed by atoms with Crippen molar-refractivity contribution < 1.29 is 22.0 Å². The van der Waals surface area contributed by atoms with E-state index in [9.17, 15) is 22.0 Å². The highest BCUT2D eigenvalue weighted by atomic mass is 32.2. The number of rotatable bonds is 5. The first-order valence-electron chi connectivity index (χ1n) is 9.21. The Morgan fingerprint density at radius 2 is 1.62 bits per heavy atom. The minimum absolute atomic E-state index is 0.110. The van der Waals surface area contributed by atoms with E-state index in [2.05, 4.69) is 0 Å². The van der Waals surface area contributed by atoms with Crippen molar-refractivity contribution in [2.75, 3.05) is 41.6 Å². The molecule has 1 fully saturated rings. The summed E-state index contributed by atoms with van der Waals surface area (Å²) in [5.74, 6) is -1.24. The molecule has 3 rings (SSSR count). The first kappa shape index (κ1) is 21.0. The van der Waals surface area contributed by atoms with Crippen LogP contribution in [0.15, 0.2) is 48.5 Å². The van der Waals surface area contributed by atoms with E-state index in [4.69, 9.17) is 0 Å². The monoisotopic (exact) mass is 423 g/mol. The SMILES string of the molecule is CC(C(=O)N1CCN(c2ccc(F)cc2)CC1)N(c1cccc(F)c1)S(C)(=O)=O. The van der Waals surface area contributed by atoms with Crippen LogP contribution in [0, 0.1) is 11.6 Å². The summed E-state index contributed by atoms with van der Waals surface area (Å²) in [7, 11) is -3.80. The molecule has 0 spiro atoms. The van der Waals surface area contributed by atoms with Crippen molar-refractivity contribution in [3.63, 3.8) is 0 Å². The quantitative estimate of drug-likeness (QED) is 0.741. The van der Waals surface area contributed by atoms with Crippen LogP contribution in [0.4, 0.5) is 20.2 Å². The Labute approximate surface area is 169 Å². The molecule has 9 heteroatoms. The van der Waals surface area contributed by atoms with Crippen LogP contribution >= 0.6 is 0 Å². The Morgan fingerprint density at radius 3 is 2.17 bits per heavy atom. The summed E-state index contributed by atoms with van der Waals surface area (Å²) in [6, 6.07) is 10.3. The number of amides is 1. The zero-order chi connectivity index (χ0) is 21.2. The van der Waals surface area contributed by atoms with Gasteiger partial charge in [-0.25, -0.2) is 17.2 Å². The average molecular weight is 423 g/mol. The van der Waals surface area contributed by atoms with Crippen LogP contribution in [0.1, 0.15) is 6.92 Å². The fourth-order valence-corrected chi connectivity index (χ4v) is 4.68. The number of carbonyl (C=O) groups is 1. The normalized spacial score (nSPS) is 15.9. The minimum atomic E-state index is -3.80. The summed E-state index contributed by atoms with van der Waals surface area (Å²) in [6.45, 7) is 3.40. The molecule has 0 aromatic heterocycles. The molecule has 1 heterocycles. The second-order valence-electron chi connectivity index (χ2n) is 7.00. The Bertz CT molecular complexity index is 975. The lowest BCUT2D eigenvalue weighted by molar-refractivity contribution is -0.132. The van der Waals surface area contributed by atoms with Crippen molar-refractivity contribution in [1.29, 1.82) is 0 Å². The van der Waals surface area contributed by atoms with Crippen LogP contribution in [0.5, 0.6) is 0 Å². The third kappa shape index (κ3) is 4.84. The highest BCUT2D eigenvalue weighted by Gasteiger charge is 2.33. The molecule has 1 saturated heterocycles. The van der Waals surface area contributed by atoms with E-state index in [0.29, 0.717) is 26.2 Å². The molecular formula is C20H23F2N3O3S. The standard InChI is InChI=1S/C20H23F2N3O3S/c1-15(25(29(2,27)28)19-5-3-4-17(22)14-19)20(26)24-12-10-23(11-13-24)18-8-6-16(21)7-9-18/h3-9,14-15H,10-13H2,1-2H3. The minimum Gasteiger partial charge on any atom is -0.368 e. The summed E-state index contributed by atoms with van der Waals surface area (Å²) < 4.78 is 52.3. The lowest BCUT2D eigenvalue weighted by atomic mass is 10.2. The van der Waals surface area contributed by atoms with Gasteiger partial charge in [-0.3, -0.25) is 9.10 Å². The zero-order valence-corrected chi connectivity index (χ0v) is 17.1. The van der Waals surface area contributed by atoms with Gasteiger partial charge >= 0.3 is 0 Å². The summed E-state index contributed by atoms with van der Waals surface area (Å²) in [5, 5.41) is 0. The number of nitrogens with zero attached hydrogens (tertiary/aromatic N) is 3. The van der Waals surface area contributed by atoms with Crippen LogP contribution in [-0.4, -0.2) is 57.7 Å². The summed E-state index contributed by atoms with van der Waals surface area (Å²) in [4.78, 5) is 16.6. The molecule has 0 aliphatic carbocycles. The average Bonchev–Trinajstić information content (AvgIpc) is 2.67. The van der Waals surface area contributed by atoms with Crippen molar-refractivity contribution in [3.05, 3.63) is 60.2 Å². The van der Waals surface area contributed by atoms with Crippen molar-refractivity contribution >= 4 is 27.3 Å². The Morgan fingerprint density at radius 1 is 1.00 bits per heavy atom. The van der Waals surface area contributed by atoms with Crippen molar-refractivity contribution in [1.82, 2.24) is 4.90 Å². The molecule has 2 aromatic rings. The second kappa shape index (κ2) is 8.36. The van der Waals surface area contributed by atoms with Gasteiger partial charge < -0.3 is 9.80 Å². The maximum atomic E-state index is 13.6. The molecule has 0 radical (unpaired) electrons. The Hall–Kier alpha value is -2.68. The van der Waals surface area contributed by atoms with Crippen molar-refractivity contribution in [2.45, 2.75) is 13.0 Å². The molecular weight excluding hydrogens is 400 g/mol. The molecule has 1 unspecified atom stereocenters. The number of halogens is 2. The number of hydrogen-bond donors (Lipinski definition) is 0. The molecule has 1 aliphatic heterocycles. The van der Waals surface area contributed by atoms with Crippen LogP contribution in [0.2, 0.25) is 0 Å². The van der Waals surface area contributed by atoms with Crippen LogP contribution < -0.4 is 9.21 Å². The number of anilines is 2. The summed E-state index contributed by atoms with van der Waals surface area (Å²) in [5.41, 5.74) is 0.974. The number of piperazine rings is 1. The summed E-state index contributed by atoms with van der Waals surface area (Å²) >= 11 is 0. The third-order valence-electron chi connectivity index (χ3n) is 4.91. The molecule has 6 nitrogen and oxygen atoms in total. The molecule has 2 aromatic carbocycles. The predicted octanol–water partition coefficient (Wildman–Crippen LogP) is 2.47. The van der Waals surface area contributed by atoms with E-state index in [-0.39, 0.29) is 17.4 Å². The Kier molecular flexibility index (Phi) is 6.07. The van der Waals surface area contributed by atoms with Gasteiger partial charge in [-0.1, -0.05) is 6.07 Å². The predicted molar refractivity (Wildman–Crippen MR) is 108 cm³/mol. The molecule has 1 amide bonds. The van der Waals surface area contributed by atoms with Crippen LogP contribution in [0.25, 0.3) is 0 Å². The van der Waals surface area contributed by atoms with Gasteiger partial charge in [0, 0.05) is 31.9 Å². The lowest BCUT2D eigenvalue weighted by Gasteiger charge is -2.39. The van der Waals surface area contributed by atoms with E-state index in [1.54, 1.807) is 17.0 Å². The van der Waals surface area contributed by atoms with Crippen LogP contribution in [0.3, 0.4) is 0 Å². The molecule has 156 valence electrons. The number of benzene rings is 2. The topological polar surface area (TPSA) is 60.9 Å². The number of carbonyl (C=O) groups excluding carboxylic acids is 1. The van der Waals surface area contributed by atoms with E-state index in [1.807, 2.05) is 4.90 Å².